The maximum Gasteiger partial charge on any atom is 0.125 e. The predicted molar refractivity (Wildman–Crippen MR) is 71.3 cm³/mol. The van der Waals surface area contributed by atoms with Gasteiger partial charge in [0.05, 0.1) is 0 Å². The van der Waals surface area contributed by atoms with Gasteiger partial charge in [-0.2, -0.15) is 0 Å². The van der Waals surface area contributed by atoms with Crippen LogP contribution in [0.3, 0.4) is 0 Å². The zero-order chi connectivity index (χ0) is 13.0. The van der Waals surface area contributed by atoms with E-state index in [2.05, 4.69) is 24.7 Å². The summed E-state index contributed by atoms with van der Waals surface area (Å²) in [5, 5.41) is 0. The fourth-order valence-corrected chi connectivity index (χ4v) is 0.912. The van der Waals surface area contributed by atoms with E-state index in [4.69, 9.17) is 0 Å². The number of rotatable bonds is 7. The number of hydrogen-bond acceptors (Lipinski definition) is 3. The molecule has 0 amide bonds. The third-order valence-corrected chi connectivity index (χ3v) is 2.61. The highest BCUT2D eigenvalue weighted by Crippen LogP contribution is 2.14. The van der Waals surface area contributed by atoms with Gasteiger partial charge in [0.25, 0.3) is 0 Å². The van der Waals surface area contributed by atoms with Crippen LogP contribution in [0.4, 0.5) is 0 Å². The third-order valence-electron chi connectivity index (χ3n) is 2.61. The maximum atomic E-state index is 10.1. The molecule has 2 N–H and O–H groups in total. The van der Waals surface area contributed by atoms with Gasteiger partial charge in [0, 0.05) is 11.5 Å². The predicted octanol–water partition coefficient (Wildman–Crippen LogP) is 2.91. The minimum Gasteiger partial charge on any atom is -0.303 e. The van der Waals surface area contributed by atoms with Crippen molar-refractivity contribution >= 4 is 6.29 Å². The van der Waals surface area contributed by atoms with E-state index in [1.807, 2.05) is 27.8 Å². The zero-order valence-electron chi connectivity index (χ0n) is 11.9. The summed E-state index contributed by atoms with van der Waals surface area (Å²) in [4.78, 5) is 10.1. The number of carbonyl (C=O) groups is 1. The van der Waals surface area contributed by atoms with Crippen molar-refractivity contribution in [1.82, 2.24) is 10.9 Å². The molecule has 0 aromatic heterocycles. The van der Waals surface area contributed by atoms with Crippen LogP contribution in [-0.2, 0) is 4.79 Å². The fraction of sp³-hybridized carbons (Fsp3) is 0.923. The molecule has 0 radical (unpaired) electrons. The molecule has 1 unspecified atom stereocenters. The molecule has 1 atom stereocenters. The van der Waals surface area contributed by atoms with Crippen molar-refractivity contribution in [2.24, 2.45) is 5.41 Å². The molecule has 0 aliphatic heterocycles. The normalized spacial score (nSPS) is 12.6. The molecule has 0 saturated carbocycles. The number of aldehydes is 1. The summed E-state index contributed by atoms with van der Waals surface area (Å²) in [6, 6.07) is 0.606. The van der Waals surface area contributed by atoms with Gasteiger partial charge in [0.1, 0.15) is 6.29 Å². The van der Waals surface area contributed by atoms with E-state index in [0.29, 0.717) is 6.04 Å². The van der Waals surface area contributed by atoms with E-state index in [-0.39, 0.29) is 5.41 Å². The Bertz CT molecular complexity index is 158. The Hall–Kier alpha value is -0.410. The van der Waals surface area contributed by atoms with Gasteiger partial charge in [-0.25, -0.2) is 0 Å². The monoisotopic (exact) mass is 230 g/mol. The van der Waals surface area contributed by atoms with E-state index in [1.54, 1.807) is 0 Å². The summed E-state index contributed by atoms with van der Waals surface area (Å²) in [5.41, 5.74) is 5.96. The van der Waals surface area contributed by atoms with Crippen LogP contribution in [0.2, 0.25) is 0 Å². The van der Waals surface area contributed by atoms with E-state index < -0.39 is 0 Å². The lowest BCUT2D eigenvalue weighted by molar-refractivity contribution is -0.114. The lowest BCUT2D eigenvalue weighted by atomic mass is 9.93. The highest BCUT2D eigenvalue weighted by molar-refractivity contribution is 5.57. The minimum atomic E-state index is -0.0972. The maximum absolute atomic E-state index is 10.1. The molecule has 0 bridgehead atoms. The smallest absolute Gasteiger partial charge is 0.125 e. The summed E-state index contributed by atoms with van der Waals surface area (Å²) >= 11 is 0. The van der Waals surface area contributed by atoms with Crippen molar-refractivity contribution in [3.8, 4) is 0 Å². The van der Waals surface area contributed by atoms with Gasteiger partial charge in [-0.3, -0.25) is 10.9 Å². The largest absolute Gasteiger partial charge is 0.303 e. The van der Waals surface area contributed by atoms with Gasteiger partial charge < -0.3 is 4.79 Å². The standard InChI is InChI=1S/C7H18N2.C6H12O/c1-4-5-6-7(2)9-8-3;1-4-6(2,3)5-7/h7-9H,4-6H2,1-3H3;5H,4H2,1-3H3. The van der Waals surface area contributed by atoms with Crippen molar-refractivity contribution in [2.45, 2.75) is 66.3 Å². The summed E-state index contributed by atoms with van der Waals surface area (Å²) in [6.45, 7) is 10.3. The lowest BCUT2D eigenvalue weighted by Gasteiger charge is -2.10. The van der Waals surface area contributed by atoms with E-state index in [1.165, 1.54) is 19.3 Å². The van der Waals surface area contributed by atoms with Crippen molar-refractivity contribution in [3.05, 3.63) is 0 Å². The summed E-state index contributed by atoms with van der Waals surface area (Å²) in [6.07, 6.45) is 5.78. The van der Waals surface area contributed by atoms with Gasteiger partial charge in [-0.05, 0) is 26.8 Å². The summed E-state index contributed by atoms with van der Waals surface area (Å²) in [7, 11) is 1.91. The molecule has 3 heteroatoms. The lowest BCUT2D eigenvalue weighted by Crippen LogP contribution is -2.35. The SMILES string of the molecule is CCC(C)(C)C=O.CCCCC(C)NNC. The number of hydrogen-bond donors (Lipinski definition) is 2. The molecule has 16 heavy (non-hydrogen) atoms. The fourth-order valence-electron chi connectivity index (χ4n) is 0.912. The topological polar surface area (TPSA) is 41.1 Å². The third kappa shape index (κ3) is 13.6. The molecule has 0 aliphatic carbocycles. The second kappa shape index (κ2) is 11.1. The molecule has 0 aromatic carbocycles. The van der Waals surface area contributed by atoms with Crippen LogP contribution in [0.25, 0.3) is 0 Å². The highest BCUT2D eigenvalue weighted by Gasteiger charge is 2.11. The summed E-state index contributed by atoms with van der Waals surface area (Å²) in [5.74, 6) is 0. The zero-order valence-corrected chi connectivity index (χ0v) is 11.9. The second-order valence-corrected chi connectivity index (χ2v) is 4.90. The van der Waals surface area contributed by atoms with Crippen LogP contribution >= 0.6 is 0 Å². The first-order valence-corrected chi connectivity index (χ1v) is 6.32. The Morgan fingerprint density at radius 2 is 1.88 bits per heavy atom. The Labute approximate surface area is 101 Å². The van der Waals surface area contributed by atoms with E-state index in [9.17, 15) is 4.79 Å². The molecule has 0 rings (SSSR count). The molecule has 0 spiro atoms. The average molecular weight is 230 g/mol. The van der Waals surface area contributed by atoms with Crippen LogP contribution in [0.1, 0.15) is 60.3 Å². The van der Waals surface area contributed by atoms with Crippen LogP contribution in [0.5, 0.6) is 0 Å². The van der Waals surface area contributed by atoms with Gasteiger partial charge in [-0.1, -0.05) is 40.5 Å². The van der Waals surface area contributed by atoms with Gasteiger partial charge >= 0.3 is 0 Å². The van der Waals surface area contributed by atoms with E-state index in [0.717, 1.165) is 12.7 Å². The van der Waals surface area contributed by atoms with Gasteiger partial charge in [-0.15, -0.1) is 0 Å². The Balaban J connectivity index is 0. The second-order valence-electron chi connectivity index (χ2n) is 4.90. The van der Waals surface area contributed by atoms with Crippen molar-refractivity contribution < 1.29 is 4.79 Å². The molecule has 0 aliphatic rings. The number of unbranched alkanes of at least 4 members (excludes halogenated alkanes) is 1. The molecule has 3 nitrogen and oxygen atoms in total. The van der Waals surface area contributed by atoms with Crippen molar-refractivity contribution in [3.63, 3.8) is 0 Å². The molecular formula is C13H30N2O. The average Bonchev–Trinajstić information content (AvgIpc) is 2.27. The number of carbonyl (C=O) groups excluding carboxylic acids is 1. The molecule has 0 heterocycles. The first-order valence-electron chi connectivity index (χ1n) is 6.32. The first kappa shape index (κ1) is 18.0. The van der Waals surface area contributed by atoms with Crippen molar-refractivity contribution in [1.29, 1.82) is 0 Å². The summed E-state index contributed by atoms with van der Waals surface area (Å²) < 4.78 is 0. The van der Waals surface area contributed by atoms with Crippen LogP contribution in [-0.4, -0.2) is 19.4 Å². The molecule has 0 saturated heterocycles. The first-order chi connectivity index (χ1) is 7.43. The molecule has 0 aromatic rings. The van der Waals surface area contributed by atoms with Gasteiger partial charge in [0.15, 0.2) is 0 Å². The van der Waals surface area contributed by atoms with Gasteiger partial charge in [0.2, 0.25) is 0 Å². The number of nitrogens with one attached hydrogen (secondary N) is 2. The van der Waals surface area contributed by atoms with E-state index >= 15 is 0 Å². The Morgan fingerprint density at radius 3 is 2.12 bits per heavy atom. The Morgan fingerprint density at radius 1 is 1.31 bits per heavy atom. The molecule has 0 fully saturated rings. The van der Waals surface area contributed by atoms with Crippen LogP contribution < -0.4 is 10.9 Å². The molecular weight excluding hydrogens is 200 g/mol. The Kier molecular flexibility index (Phi) is 12.5. The quantitative estimate of drug-likeness (QED) is 0.522. The molecule has 98 valence electrons. The van der Waals surface area contributed by atoms with Crippen molar-refractivity contribution in [2.75, 3.05) is 7.05 Å². The minimum absolute atomic E-state index is 0.0972. The van der Waals surface area contributed by atoms with Crippen LogP contribution in [0.15, 0.2) is 0 Å². The number of hydrazine groups is 1. The highest BCUT2D eigenvalue weighted by atomic mass is 16.1. The van der Waals surface area contributed by atoms with Crippen LogP contribution in [0, 0.1) is 5.41 Å².